The molecule has 104 valence electrons. The van der Waals surface area contributed by atoms with Gasteiger partial charge < -0.3 is 9.47 Å². The Bertz CT molecular complexity index is 432. The molecule has 2 nitrogen and oxygen atoms in total. The average Bonchev–Trinajstić information content (AvgIpc) is 2.44. The summed E-state index contributed by atoms with van der Waals surface area (Å²) < 4.78 is 11.4. The van der Waals surface area contributed by atoms with Gasteiger partial charge in [0.05, 0.1) is 13.2 Å². The van der Waals surface area contributed by atoms with Gasteiger partial charge in [0.25, 0.3) is 0 Å². The summed E-state index contributed by atoms with van der Waals surface area (Å²) in [4.78, 5) is 0. The van der Waals surface area contributed by atoms with Crippen LogP contribution >= 0.6 is 11.6 Å². The minimum Gasteiger partial charge on any atom is -0.490 e. The van der Waals surface area contributed by atoms with Crippen molar-refractivity contribution in [1.29, 1.82) is 0 Å². The first-order valence-electron chi connectivity index (χ1n) is 6.76. The third-order valence-electron chi connectivity index (χ3n) is 2.32. The summed E-state index contributed by atoms with van der Waals surface area (Å²) in [6.07, 6.45) is 2.64. The average molecular weight is 281 g/mol. The first-order valence-corrected chi connectivity index (χ1v) is 7.29. The largest absolute Gasteiger partial charge is 0.490 e. The van der Waals surface area contributed by atoms with E-state index in [1.807, 2.05) is 18.2 Å². The molecule has 0 saturated carbocycles. The van der Waals surface area contributed by atoms with Gasteiger partial charge in [0.15, 0.2) is 11.5 Å². The lowest BCUT2D eigenvalue weighted by atomic mass is 10.2. The highest BCUT2D eigenvalue weighted by molar-refractivity contribution is 6.18. The topological polar surface area (TPSA) is 18.5 Å². The van der Waals surface area contributed by atoms with E-state index in [2.05, 4.69) is 25.7 Å². The molecule has 0 atom stereocenters. The van der Waals surface area contributed by atoms with Crippen LogP contribution in [0.25, 0.3) is 0 Å². The van der Waals surface area contributed by atoms with Crippen LogP contribution in [0.1, 0.15) is 38.7 Å². The van der Waals surface area contributed by atoms with Crippen molar-refractivity contribution >= 4 is 11.6 Å². The summed E-state index contributed by atoms with van der Waals surface area (Å²) >= 11 is 5.60. The van der Waals surface area contributed by atoms with Crippen molar-refractivity contribution in [1.82, 2.24) is 0 Å². The Morgan fingerprint density at radius 3 is 2.37 bits per heavy atom. The van der Waals surface area contributed by atoms with Gasteiger partial charge in [-0.1, -0.05) is 25.7 Å². The Balaban J connectivity index is 2.84. The van der Waals surface area contributed by atoms with Gasteiger partial charge in [-0.2, -0.15) is 0 Å². The Morgan fingerprint density at radius 1 is 1.05 bits per heavy atom. The van der Waals surface area contributed by atoms with E-state index in [0.29, 0.717) is 25.5 Å². The van der Waals surface area contributed by atoms with Crippen LogP contribution in [0.3, 0.4) is 0 Å². The number of ether oxygens (including phenoxy) is 2. The molecule has 0 aliphatic heterocycles. The van der Waals surface area contributed by atoms with Crippen molar-refractivity contribution < 1.29 is 9.47 Å². The summed E-state index contributed by atoms with van der Waals surface area (Å²) in [5.41, 5.74) is 0.931. The molecule has 19 heavy (non-hydrogen) atoms. The second kappa shape index (κ2) is 9.58. The Morgan fingerprint density at radius 2 is 1.74 bits per heavy atom. The molecule has 0 aliphatic rings. The predicted molar refractivity (Wildman–Crippen MR) is 80.2 cm³/mol. The molecule has 0 fully saturated rings. The van der Waals surface area contributed by atoms with E-state index in [-0.39, 0.29) is 0 Å². The lowest BCUT2D eigenvalue weighted by Crippen LogP contribution is -2.01. The first-order chi connectivity index (χ1) is 9.31. The number of hydrogen-bond donors (Lipinski definition) is 0. The Kier molecular flexibility index (Phi) is 7.93. The molecule has 1 rings (SSSR count). The smallest absolute Gasteiger partial charge is 0.162 e. The van der Waals surface area contributed by atoms with Crippen LogP contribution < -0.4 is 9.47 Å². The molecule has 0 bridgehead atoms. The van der Waals surface area contributed by atoms with Crippen LogP contribution in [-0.4, -0.2) is 19.1 Å². The molecule has 0 spiro atoms. The van der Waals surface area contributed by atoms with Gasteiger partial charge in [0, 0.05) is 17.9 Å². The van der Waals surface area contributed by atoms with Gasteiger partial charge in [-0.05, 0) is 31.0 Å². The zero-order chi connectivity index (χ0) is 13.9. The molecule has 0 amide bonds. The zero-order valence-corrected chi connectivity index (χ0v) is 12.4. The van der Waals surface area contributed by atoms with Gasteiger partial charge in [-0.25, -0.2) is 0 Å². The second-order valence-corrected chi connectivity index (χ2v) is 4.48. The van der Waals surface area contributed by atoms with Gasteiger partial charge in [0.2, 0.25) is 0 Å². The maximum Gasteiger partial charge on any atom is 0.162 e. The van der Waals surface area contributed by atoms with E-state index in [4.69, 9.17) is 21.1 Å². The van der Waals surface area contributed by atoms with Crippen LogP contribution in [0.4, 0.5) is 0 Å². The highest BCUT2D eigenvalue weighted by Gasteiger charge is 2.05. The summed E-state index contributed by atoms with van der Waals surface area (Å²) in [6.45, 7) is 5.54. The van der Waals surface area contributed by atoms with Crippen molar-refractivity contribution in [2.45, 2.75) is 33.1 Å². The van der Waals surface area contributed by atoms with Crippen molar-refractivity contribution in [3.05, 3.63) is 23.8 Å². The molecule has 0 saturated heterocycles. The molecule has 1 aromatic rings. The lowest BCUT2D eigenvalue weighted by molar-refractivity contribution is 0.268. The van der Waals surface area contributed by atoms with Crippen LogP contribution in [0.15, 0.2) is 18.2 Å². The third-order valence-corrected chi connectivity index (χ3v) is 2.51. The van der Waals surface area contributed by atoms with Crippen LogP contribution in [-0.2, 0) is 0 Å². The highest BCUT2D eigenvalue weighted by Crippen LogP contribution is 2.28. The maximum atomic E-state index is 5.71. The van der Waals surface area contributed by atoms with E-state index in [9.17, 15) is 0 Å². The van der Waals surface area contributed by atoms with Crippen molar-refractivity contribution in [2.24, 2.45) is 0 Å². The van der Waals surface area contributed by atoms with E-state index in [1.165, 1.54) is 0 Å². The van der Waals surface area contributed by atoms with E-state index in [0.717, 1.165) is 29.9 Å². The van der Waals surface area contributed by atoms with Crippen molar-refractivity contribution in [2.75, 3.05) is 19.1 Å². The predicted octanol–water partition coefficient (Wildman–Crippen LogP) is 4.24. The fourth-order valence-electron chi connectivity index (χ4n) is 1.45. The zero-order valence-electron chi connectivity index (χ0n) is 11.7. The van der Waals surface area contributed by atoms with E-state index >= 15 is 0 Å². The molecular weight excluding hydrogens is 260 g/mol. The minimum absolute atomic E-state index is 0.559. The third kappa shape index (κ3) is 5.89. The minimum atomic E-state index is 0.559. The van der Waals surface area contributed by atoms with E-state index < -0.39 is 0 Å². The van der Waals surface area contributed by atoms with Gasteiger partial charge in [-0.3, -0.25) is 0 Å². The van der Waals surface area contributed by atoms with E-state index in [1.54, 1.807) is 0 Å². The Hall–Kier alpha value is -1.33. The van der Waals surface area contributed by atoms with Gasteiger partial charge in [0.1, 0.15) is 0 Å². The Labute approximate surface area is 121 Å². The molecule has 0 unspecified atom stereocenters. The maximum absolute atomic E-state index is 5.71. The summed E-state index contributed by atoms with van der Waals surface area (Å²) in [5.74, 6) is 8.22. The van der Waals surface area contributed by atoms with Gasteiger partial charge in [-0.15, -0.1) is 11.6 Å². The normalized spacial score (nSPS) is 9.63. The summed E-state index contributed by atoms with van der Waals surface area (Å²) in [7, 11) is 0. The molecular formula is C16H21ClO2. The molecule has 0 aromatic heterocycles. The number of benzene rings is 1. The first kappa shape index (κ1) is 15.7. The monoisotopic (exact) mass is 280 g/mol. The number of alkyl halides is 1. The fraction of sp³-hybridized carbons (Fsp3) is 0.500. The van der Waals surface area contributed by atoms with Crippen LogP contribution in [0.2, 0.25) is 0 Å². The molecule has 0 N–H and O–H groups in total. The second-order valence-electron chi connectivity index (χ2n) is 4.10. The molecule has 1 aromatic carbocycles. The van der Waals surface area contributed by atoms with Crippen LogP contribution in [0.5, 0.6) is 11.5 Å². The molecule has 3 heteroatoms. The van der Waals surface area contributed by atoms with Crippen molar-refractivity contribution in [3.8, 4) is 23.3 Å². The standard InChI is InChI=1S/C16H21ClO2/c1-3-11-18-15-9-8-14(7-5-6-10-17)13-16(15)19-12-4-2/h8-9,13H,3-4,6,10-12H2,1-2H3. The molecule has 0 radical (unpaired) electrons. The molecule has 0 heterocycles. The quantitative estimate of drug-likeness (QED) is 0.549. The molecule has 0 aliphatic carbocycles. The SMILES string of the molecule is CCCOc1ccc(C#CCCCl)cc1OCCC. The number of hydrogen-bond acceptors (Lipinski definition) is 2. The van der Waals surface area contributed by atoms with Crippen molar-refractivity contribution in [3.63, 3.8) is 0 Å². The summed E-state index contributed by atoms with van der Waals surface area (Å²) in [5, 5.41) is 0. The number of halogens is 1. The lowest BCUT2D eigenvalue weighted by Gasteiger charge is -2.12. The fourth-order valence-corrected chi connectivity index (χ4v) is 1.55. The highest BCUT2D eigenvalue weighted by atomic mass is 35.5. The van der Waals surface area contributed by atoms with Crippen LogP contribution in [0, 0.1) is 11.8 Å². The van der Waals surface area contributed by atoms with Gasteiger partial charge >= 0.3 is 0 Å². The summed E-state index contributed by atoms with van der Waals surface area (Å²) in [6, 6.07) is 5.80. The number of rotatable bonds is 7.